The van der Waals surface area contributed by atoms with Crippen molar-refractivity contribution in [1.29, 1.82) is 0 Å². The van der Waals surface area contributed by atoms with E-state index in [1.807, 2.05) is 4.57 Å². The monoisotopic (exact) mass is 475 g/mol. The van der Waals surface area contributed by atoms with E-state index >= 15 is 0 Å². The van der Waals surface area contributed by atoms with Gasteiger partial charge in [0.15, 0.2) is 0 Å². The molecule has 2 atom stereocenters. The molecule has 174 valence electrons. The molecule has 0 fully saturated rings. The number of nitrogens with one attached hydrogen (secondary N) is 1. The maximum atomic E-state index is 13.2. The summed E-state index contributed by atoms with van der Waals surface area (Å²) in [4.78, 5) is 17.2. The Hall–Kier alpha value is -3.13. The van der Waals surface area contributed by atoms with Crippen molar-refractivity contribution in [3.8, 4) is 5.75 Å². The maximum absolute atomic E-state index is 13.2. The Labute approximate surface area is 195 Å². The van der Waals surface area contributed by atoms with Crippen LogP contribution in [0.3, 0.4) is 0 Å². The lowest BCUT2D eigenvalue weighted by molar-refractivity contribution is -0.0507. The summed E-state index contributed by atoms with van der Waals surface area (Å²) in [6.45, 7) is 6.16. The minimum Gasteiger partial charge on any atom is -0.444 e. The first kappa shape index (κ1) is 23.0. The zero-order valence-corrected chi connectivity index (χ0v) is 19.2. The van der Waals surface area contributed by atoms with Crippen molar-refractivity contribution in [3.63, 3.8) is 0 Å². The van der Waals surface area contributed by atoms with Crippen LogP contribution in [0.5, 0.6) is 5.75 Å². The molecule has 3 aromatic rings. The third-order valence-corrected chi connectivity index (χ3v) is 5.56. The van der Waals surface area contributed by atoms with Crippen LogP contribution in [0.1, 0.15) is 56.2 Å². The Kier molecular flexibility index (Phi) is 6.05. The molecule has 6 nitrogen and oxygen atoms in total. The molecule has 0 radical (unpaired) electrons. The minimum atomic E-state index is -2.99. The largest absolute Gasteiger partial charge is 0.444 e. The number of ether oxygens (including phenoxy) is 2. The summed E-state index contributed by atoms with van der Waals surface area (Å²) in [5.74, 6) is 0.616. The van der Waals surface area contributed by atoms with Crippen LogP contribution in [-0.4, -0.2) is 27.9 Å². The van der Waals surface area contributed by atoms with Crippen molar-refractivity contribution in [2.75, 3.05) is 0 Å². The molecule has 2 aromatic carbocycles. The Bertz CT molecular complexity index is 1220. The van der Waals surface area contributed by atoms with Crippen molar-refractivity contribution < 1.29 is 23.0 Å². The van der Waals surface area contributed by atoms with Crippen LogP contribution in [0.25, 0.3) is 17.1 Å². The summed E-state index contributed by atoms with van der Waals surface area (Å²) in [5, 5.41) is 3.38. The first-order chi connectivity index (χ1) is 15.6. The molecular weight excluding hydrogens is 452 g/mol. The number of carbonyl (C=O) groups is 1. The van der Waals surface area contributed by atoms with E-state index in [0.717, 1.165) is 5.52 Å². The number of alkyl carbamates (subject to hydrolysis) is 1. The molecule has 9 heteroatoms. The second kappa shape index (κ2) is 8.67. The highest BCUT2D eigenvalue weighted by molar-refractivity contribution is 6.31. The second-order valence-corrected chi connectivity index (χ2v) is 9.20. The number of rotatable bonds is 5. The van der Waals surface area contributed by atoms with Gasteiger partial charge < -0.3 is 19.4 Å². The average molecular weight is 476 g/mol. The van der Waals surface area contributed by atoms with Crippen molar-refractivity contribution in [1.82, 2.24) is 14.9 Å². The molecule has 0 aliphatic carbocycles. The molecule has 0 unspecified atom stereocenters. The average Bonchev–Trinajstić information content (AvgIpc) is 3.23. The highest BCUT2D eigenvalue weighted by atomic mass is 35.5. The van der Waals surface area contributed by atoms with Gasteiger partial charge in [-0.15, -0.1) is 0 Å². The molecule has 33 heavy (non-hydrogen) atoms. The fourth-order valence-corrected chi connectivity index (χ4v) is 4.37. The van der Waals surface area contributed by atoms with Gasteiger partial charge in [0.2, 0.25) is 0 Å². The number of halogens is 3. The molecule has 4 rings (SSSR count). The number of fused-ring (bicyclic) bond motifs is 3. The molecule has 0 saturated carbocycles. The van der Waals surface area contributed by atoms with Crippen molar-refractivity contribution in [2.24, 2.45) is 0 Å². The second-order valence-electron chi connectivity index (χ2n) is 8.77. The molecule has 1 N–H and O–H groups in total. The molecule has 2 heterocycles. The molecule has 1 aromatic heterocycles. The summed E-state index contributed by atoms with van der Waals surface area (Å²) in [7, 11) is 0. The number of alkyl halides is 2. The molecule has 1 amide bonds. The Balaban J connectivity index is 1.85. The zero-order chi connectivity index (χ0) is 23.9. The number of benzene rings is 2. The topological polar surface area (TPSA) is 65.4 Å². The van der Waals surface area contributed by atoms with Gasteiger partial charge in [0, 0.05) is 17.0 Å². The van der Waals surface area contributed by atoms with E-state index in [9.17, 15) is 13.6 Å². The third kappa shape index (κ3) is 4.66. The normalized spacial score (nSPS) is 17.8. The van der Waals surface area contributed by atoms with Crippen LogP contribution in [0, 0.1) is 0 Å². The van der Waals surface area contributed by atoms with Crippen LogP contribution < -0.4 is 10.1 Å². The smallest absolute Gasteiger partial charge is 0.408 e. The van der Waals surface area contributed by atoms with Crippen molar-refractivity contribution in [2.45, 2.75) is 51.5 Å². The first-order valence-corrected chi connectivity index (χ1v) is 10.8. The number of amides is 1. The lowest BCUT2D eigenvalue weighted by Gasteiger charge is -2.22. The van der Waals surface area contributed by atoms with Gasteiger partial charge >= 0.3 is 12.7 Å². The highest BCUT2D eigenvalue weighted by Gasteiger charge is 2.39. The van der Waals surface area contributed by atoms with Gasteiger partial charge in [0.1, 0.15) is 17.2 Å². The fraction of sp³-hybridized carbons (Fsp3) is 0.333. The van der Waals surface area contributed by atoms with Gasteiger partial charge in [0.25, 0.3) is 0 Å². The summed E-state index contributed by atoms with van der Waals surface area (Å²) >= 11 is 6.25. The number of imidazole rings is 1. The number of hydrogen-bond acceptors (Lipinski definition) is 4. The van der Waals surface area contributed by atoms with Crippen LogP contribution in [0.4, 0.5) is 13.6 Å². The van der Waals surface area contributed by atoms with Gasteiger partial charge in [-0.2, -0.15) is 8.78 Å². The maximum Gasteiger partial charge on any atom is 0.408 e. The molecule has 0 bridgehead atoms. The number of nitrogens with zero attached hydrogens (tertiary/aromatic N) is 2. The molecule has 1 aliphatic heterocycles. The minimum absolute atomic E-state index is 0.0418. The van der Waals surface area contributed by atoms with E-state index in [1.165, 1.54) is 6.07 Å². The first-order valence-electron chi connectivity index (χ1n) is 10.4. The lowest BCUT2D eigenvalue weighted by atomic mass is 9.96. The Morgan fingerprint density at radius 1 is 1.33 bits per heavy atom. The van der Waals surface area contributed by atoms with Gasteiger partial charge in [-0.05, 0) is 50.6 Å². The lowest BCUT2D eigenvalue weighted by Crippen LogP contribution is -2.34. The van der Waals surface area contributed by atoms with E-state index in [2.05, 4.69) is 11.9 Å². The van der Waals surface area contributed by atoms with Crippen molar-refractivity contribution >= 4 is 34.8 Å². The van der Waals surface area contributed by atoms with Crippen LogP contribution >= 0.6 is 11.6 Å². The molecule has 0 saturated heterocycles. The fourth-order valence-electron chi connectivity index (χ4n) is 4.21. The van der Waals surface area contributed by atoms with E-state index < -0.39 is 30.4 Å². The van der Waals surface area contributed by atoms with Gasteiger partial charge in [-0.25, -0.2) is 9.78 Å². The van der Waals surface area contributed by atoms with E-state index in [-0.39, 0.29) is 5.75 Å². The number of carbonyl (C=O) groups excluding carboxylic acids is 1. The highest BCUT2D eigenvalue weighted by Crippen LogP contribution is 2.46. The Morgan fingerprint density at radius 3 is 2.76 bits per heavy atom. The molecular formula is C24H24ClF2N3O3. The number of hydrogen-bond donors (Lipinski definition) is 1. The van der Waals surface area contributed by atoms with E-state index in [1.54, 1.807) is 57.2 Å². The van der Waals surface area contributed by atoms with E-state index in [4.69, 9.17) is 26.1 Å². The van der Waals surface area contributed by atoms with Gasteiger partial charge in [0.05, 0.1) is 23.1 Å². The Morgan fingerprint density at radius 2 is 2.09 bits per heavy atom. The van der Waals surface area contributed by atoms with Crippen molar-refractivity contribution in [3.05, 3.63) is 65.0 Å². The summed E-state index contributed by atoms with van der Waals surface area (Å²) in [6, 6.07) is 9.19. The van der Waals surface area contributed by atoms with Crippen LogP contribution in [0.2, 0.25) is 5.02 Å². The van der Waals surface area contributed by atoms with Gasteiger partial charge in [-0.1, -0.05) is 36.4 Å². The van der Waals surface area contributed by atoms with E-state index in [0.29, 0.717) is 33.9 Å². The van der Waals surface area contributed by atoms with Gasteiger partial charge in [-0.3, -0.25) is 0 Å². The molecule has 0 spiro atoms. The summed E-state index contributed by atoms with van der Waals surface area (Å²) < 4.78 is 38.6. The standard InChI is InChI=1S/C24H24ClF2N3O3/c1-5-13-7-6-8-19(32-22(26)27)20(13)18-12-16(29-23(31)33-24(2,3)4)21-28-15-10-9-14(25)11-17(15)30(18)21/h5-11,16,18,22H,1,12H2,2-4H3,(H,29,31)/t16-,18-/m1/s1. The quantitative estimate of drug-likeness (QED) is 0.458. The predicted octanol–water partition coefficient (Wildman–Crippen LogP) is 6.49. The third-order valence-electron chi connectivity index (χ3n) is 5.32. The van der Waals surface area contributed by atoms with Crippen LogP contribution in [0.15, 0.2) is 43.0 Å². The SMILES string of the molecule is C=Cc1cccc(OC(F)F)c1[C@H]1C[C@@H](NC(=O)OC(C)(C)C)c2nc3ccc(Cl)cc3n21. The molecule has 1 aliphatic rings. The van der Waals surface area contributed by atoms with Crippen LogP contribution in [-0.2, 0) is 4.74 Å². The predicted molar refractivity (Wildman–Crippen MR) is 123 cm³/mol. The summed E-state index contributed by atoms with van der Waals surface area (Å²) in [5.41, 5.74) is 1.89. The zero-order valence-electron chi connectivity index (χ0n) is 18.4. The number of aromatic nitrogens is 2. The summed E-state index contributed by atoms with van der Waals surface area (Å²) in [6.07, 6.45) is 1.36.